The van der Waals surface area contributed by atoms with Crippen LogP contribution in [-0.2, 0) is 45.3 Å². The van der Waals surface area contributed by atoms with Gasteiger partial charge in [0.05, 0.1) is 56.2 Å². The van der Waals surface area contributed by atoms with Crippen molar-refractivity contribution in [3.63, 3.8) is 0 Å². The Kier molecular flexibility index (Phi) is 17.9. The van der Waals surface area contributed by atoms with Crippen LogP contribution in [0.5, 0.6) is 5.75 Å². The number of aryl methyl sites for hydroxylation is 2. The molecule has 0 radical (unpaired) electrons. The van der Waals surface area contributed by atoms with Crippen molar-refractivity contribution in [1.82, 2.24) is 0 Å². The number of guanidine groups is 1. The number of ether oxygens (including phenoxy) is 1. The van der Waals surface area contributed by atoms with Gasteiger partial charge in [0.25, 0.3) is 40.5 Å². The third-order valence-corrected chi connectivity index (χ3v) is 13.4. The molecule has 6 rings (SSSR count). The molecule has 0 heterocycles. The molecular formula is C44H43N13O15S4. The highest BCUT2D eigenvalue weighted by atomic mass is 32.2. The highest BCUT2D eigenvalue weighted by Gasteiger charge is 2.20. The topological polar surface area (TPSA) is 451 Å². The molecule has 6 aromatic rings. The highest BCUT2D eigenvalue weighted by Crippen LogP contribution is 2.37. The average molecular weight is 1120 g/mol. The summed E-state index contributed by atoms with van der Waals surface area (Å²) in [4.78, 5) is 13.3. The van der Waals surface area contributed by atoms with E-state index in [2.05, 4.69) is 56.5 Å². The number of benzene rings is 6. The molecule has 32 heteroatoms. The number of nitrogens with zero attached hydrogens (tertiary/aromatic N) is 9. The number of rotatable bonds is 21. The first kappa shape index (κ1) is 56.9. The van der Waals surface area contributed by atoms with Crippen molar-refractivity contribution in [1.29, 1.82) is 0 Å². The molecule has 0 amide bonds. The van der Waals surface area contributed by atoms with Gasteiger partial charge in [0.2, 0.25) is 0 Å². The van der Waals surface area contributed by atoms with Crippen LogP contribution in [0, 0.1) is 13.8 Å². The summed E-state index contributed by atoms with van der Waals surface area (Å²) in [6.45, 7) is 3.21. The molecule has 0 spiro atoms. The van der Waals surface area contributed by atoms with Gasteiger partial charge in [-0.3, -0.25) is 28.7 Å². The molecule has 28 nitrogen and oxygen atoms in total. The van der Waals surface area contributed by atoms with Gasteiger partial charge in [-0.05, 0) is 141 Å². The van der Waals surface area contributed by atoms with Crippen molar-refractivity contribution in [3.05, 3.63) is 126 Å². The number of aliphatic carboxylic acids is 1. The minimum atomic E-state index is -4.91. The van der Waals surface area contributed by atoms with E-state index in [1.54, 1.807) is 26.0 Å². The third-order valence-electron chi connectivity index (χ3n) is 9.95. The first-order valence-electron chi connectivity index (χ1n) is 21.4. The van der Waals surface area contributed by atoms with Crippen LogP contribution in [0.25, 0.3) is 0 Å². The molecule has 0 aliphatic heterocycles. The second kappa shape index (κ2) is 23.9. The lowest BCUT2D eigenvalue weighted by molar-refractivity contribution is -0.137. The van der Waals surface area contributed by atoms with Gasteiger partial charge in [-0.1, -0.05) is 0 Å². The fourth-order valence-corrected chi connectivity index (χ4v) is 8.56. The van der Waals surface area contributed by atoms with Crippen LogP contribution >= 0.6 is 0 Å². The van der Waals surface area contributed by atoms with Crippen LogP contribution in [0.1, 0.15) is 24.0 Å². The molecule has 0 aliphatic carbocycles. The van der Waals surface area contributed by atoms with Crippen LogP contribution in [-0.4, -0.2) is 81.8 Å². The molecular weight excluding hydrogens is 1080 g/mol. The lowest BCUT2D eigenvalue weighted by atomic mass is 10.1. The first-order valence-corrected chi connectivity index (χ1v) is 27.2. The Labute approximate surface area is 433 Å². The maximum absolute atomic E-state index is 12.4. The van der Waals surface area contributed by atoms with Gasteiger partial charge < -0.3 is 26.2 Å². The summed E-state index contributed by atoms with van der Waals surface area (Å²) in [5.41, 5.74) is 14.3. The molecule has 0 saturated carbocycles. The number of anilines is 2. The van der Waals surface area contributed by atoms with Crippen LogP contribution < -0.4 is 26.8 Å². The van der Waals surface area contributed by atoms with E-state index >= 15 is 0 Å². The van der Waals surface area contributed by atoms with E-state index in [4.69, 9.17) is 25.9 Å². The normalized spacial score (nSPS) is 13.2. The fourth-order valence-electron chi connectivity index (χ4n) is 6.31. The molecule has 0 aromatic heterocycles. The molecule has 1 unspecified atom stereocenters. The van der Waals surface area contributed by atoms with Crippen molar-refractivity contribution in [2.24, 2.45) is 57.4 Å². The predicted octanol–water partition coefficient (Wildman–Crippen LogP) is 9.28. The van der Waals surface area contributed by atoms with Crippen LogP contribution in [0.4, 0.5) is 56.9 Å². The Morgan fingerprint density at radius 1 is 0.553 bits per heavy atom. The molecule has 0 saturated heterocycles. The minimum absolute atomic E-state index is 0.0136. The van der Waals surface area contributed by atoms with Gasteiger partial charge in [0.15, 0.2) is 12.2 Å². The summed E-state index contributed by atoms with van der Waals surface area (Å²) in [5.74, 6) is -1.18. The van der Waals surface area contributed by atoms with Crippen molar-refractivity contribution in [2.75, 3.05) is 17.2 Å². The number of hydrogen-bond donors (Lipinski definition) is 9. The third kappa shape index (κ3) is 16.3. The van der Waals surface area contributed by atoms with Crippen molar-refractivity contribution in [2.45, 2.75) is 52.6 Å². The number of azo groups is 4. The van der Waals surface area contributed by atoms with E-state index in [-0.39, 0.29) is 86.4 Å². The minimum Gasteiger partial charge on any atom is -0.491 e. The van der Waals surface area contributed by atoms with E-state index in [0.29, 0.717) is 22.5 Å². The predicted molar refractivity (Wildman–Crippen MR) is 273 cm³/mol. The second-order valence-corrected chi connectivity index (χ2v) is 21.3. The van der Waals surface area contributed by atoms with Crippen LogP contribution in [0.2, 0.25) is 0 Å². The molecule has 6 aromatic carbocycles. The monoisotopic (exact) mass is 1120 g/mol. The largest absolute Gasteiger partial charge is 0.491 e. The Balaban J connectivity index is 1.16. The zero-order chi connectivity index (χ0) is 55.6. The Hall–Kier alpha value is -8.34. The van der Waals surface area contributed by atoms with Gasteiger partial charge in [0.1, 0.15) is 26.9 Å². The number of nitrogens with two attached hydrogens (primary N) is 2. The lowest BCUT2D eigenvalue weighted by Gasteiger charge is -2.17. The SMILES string of the molecule is Cc1cc(NC(N)/N=C(\N)Nc2cc(C)c(/N=N\c3ccc(/N=N\c4ccc(S(=O)(=O)O)cc4)cc3S(=O)(=O)O)cc2OCCCC(=O)O)ccc1/N=N\c1ccc(N=Nc2ccc(S(=O)(=O)O)cc2)cc1S(=O)(=O)O. The van der Waals surface area contributed by atoms with Gasteiger partial charge in [0, 0.05) is 18.2 Å². The summed E-state index contributed by atoms with van der Waals surface area (Å²) in [6, 6.07) is 24.1. The van der Waals surface area contributed by atoms with E-state index in [0.717, 1.165) is 36.4 Å². The van der Waals surface area contributed by atoms with Crippen LogP contribution in [0.15, 0.2) is 181 Å². The lowest BCUT2D eigenvalue weighted by Crippen LogP contribution is -2.33. The molecule has 0 fully saturated rings. The van der Waals surface area contributed by atoms with E-state index in [9.17, 15) is 52.1 Å². The van der Waals surface area contributed by atoms with Crippen molar-refractivity contribution >= 4 is 109 Å². The zero-order valence-corrected chi connectivity index (χ0v) is 42.6. The molecule has 0 aliphatic rings. The number of carboxylic acids is 1. The standard InChI is InChI=1S/C44H43N13O15S4/c1-25-20-29(9-16-34(25)54-55-35-17-10-30(22-40(35)75(66,67)68)52-50-27-5-12-32(13-6-27)73(60,61)62)47-43(45)49-44(46)48-38-21-26(2)37(24-39(38)72-19-3-4-42(58)59)57-56-36-18-11-31(23-41(36)76(69,70)71)53-51-28-7-14-33(15-8-28)74(63,64)65/h5-18,20-24,43,47H,3-4,19,45H2,1-2H3,(H,58,59)(H3,46,48,49)(H,60,61,62)(H,63,64,65)(H,66,67,68)(H,69,70,71)/b52-50?,53-51-,55-54-,57-56-. The molecule has 398 valence electrons. The van der Waals surface area contributed by atoms with Gasteiger partial charge >= 0.3 is 5.97 Å². The Morgan fingerprint density at radius 3 is 1.45 bits per heavy atom. The fraction of sp³-hybridized carbons (Fsp3) is 0.136. The second-order valence-electron chi connectivity index (χ2n) is 15.7. The van der Waals surface area contributed by atoms with E-state index in [1.807, 2.05) is 0 Å². The molecule has 0 bridgehead atoms. The quantitative estimate of drug-likeness (QED) is 0.00809. The molecule has 11 N–H and O–H groups in total. The molecule has 1 atom stereocenters. The number of carbonyl (C=O) groups is 1. The van der Waals surface area contributed by atoms with Gasteiger partial charge in [-0.2, -0.15) is 64.4 Å². The number of carboxylic acid groups (broad SMARTS) is 1. The first-order chi connectivity index (χ1) is 35.6. The van der Waals surface area contributed by atoms with Gasteiger partial charge in [-0.15, -0.1) is 10.2 Å². The summed E-state index contributed by atoms with van der Waals surface area (Å²) in [6.07, 6.45) is -1.28. The Bertz CT molecular complexity index is 3800. The summed E-state index contributed by atoms with van der Waals surface area (Å²) in [5, 5.41) is 47.0. The van der Waals surface area contributed by atoms with Crippen LogP contribution in [0.3, 0.4) is 0 Å². The summed E-state index contributed by atoms with van der Waals surface area (Å²) >= 11 is 0. The smallest absolute Gasteiger partial charge is 0.303 e. The van der Waals surface area contributed by atoms with E-state index < -0.39 is 62.5 Å². The highest BCUT2D eigenvalue weighted by molar-refractivity contribution is 7.86. The van der Waals surface area contributed by atoms with E-state index in [1.165, 1.54) is 66.7 Å². The van der Waals surface area contributed by atoms with Crippen molar-refractivity contribution < 1.29 is 66.5 Å². The number of nitrogens with one attached hydrogen (secondary N) is 2. The summed E-state index contributed by atoms with van der Waals surface area (Å²) in [7, 11) is -18.6. The Morgan fingerprint density at radius 2 is 0.987 bits per heavy atom. The average Bonchev–Trinajstić information content (AvgIpc) is 3.33. The number of hydrogen-bond acceptors (Lipinski definition) is 21. The summed E-state index contributed by atoms with van der Waals surface area (Å²) < 4.78 is 139. The maximum atomic E-state index is 12.4. The number of aliphatic imine (C=N–C) groups is 1. The molecule has 76 heavy (non-hydrogen) atoms. The van der Waals surface area contributed by atoms with Crippen molar-refractivity contribution in [3.8, 4) is 5.75 Å². The van der Waals surface area contributed by atoms with Gasteiger partial charge in [-0.25, -0.2) is 4.99 Å². The zero-order valence-electron chi connectivity index (χ0n) is 39.3. The maximum Gasteiger partial charge on any atom is 0.303 e.